The number of hydrogen-bond donors (Lipinski definition) is 3. The summed E-state index contributed by atoms with van der Waals surface area (Å²) < 4.78 is 5.26. The largest absolute Gasteiger partial charge is 0.378 e. The molecule has 2 aromatic heterocycles. The van der Waals surface area contributed by atoms with E-state index < -0.39 is 11.9 Å². The molecule has 3 rings (SSSR count). The Bertz CT molecular complexity index is 858. The van der Waals surface area contributed by atoms with Crippen molar-refractivity contribution in [2.45, 2.75) is 6.92 Å². The Morgan fingerprint density at radius 1 is 1.30 bits per heavy atom. The fraction of sp³-hybridized carbons (Fsp3) is 0.400. The maximum Gasteiger partial charge on any atom is 0.321 e. The summed E-state index contributed by atoms with van der Waals surface area (Å²) in [6.45, 7) is 3.71. The SMILES string of the molecule is Cc1nc(NC(=O)NCC(N)=O)sc1-c1csc(C(=O)N2CCOCC2)n1. The average molecular weight is 410 g/mol. The number of morpholine rings is 1. The van der Waals surface area contributed by atoms with Crippen LogP contribution < -0.4 is 16.4 Å². The molecule has 27 heavy (non-hydrogen) atoms. The number of aromatic nitrogens is 2. The molecule has 2 aromatic rings. The van der Waals surface area contributed by atoms with Gasteiger partial charge in [-0.05, 0) is 6.92 Å². The molecule has 0 saturated carbocycles. The van der Waals surface area contributed by atoms with Gasteiger partial charge in [0, 0.05) is 18.5 Å². The Kier molecular flexibility index (Phi) is 5.98. The van der Waals surface area contributed by atoms with Crippen molar-refractivity contribution in [3.05, 3.63) is 16.1 Å². The first-order chi connectivity index (χ1) is 12.9. The zero-order valence-corrected chi connectivity index (χ0v) is 16.1. The van der Waals surface area contributed by atoms with Gasteiger partial charge in [-0.15, -0.1) is 11.3 Å². The third kappa shape index (κ3) is 4.78. The number of carbonyl (C=O) groups excluding carboxylic acids is 3. The molecule has 0 aromatic carbocycles. The smallest absolute Gasteiger partial charge is 0.321 e. The van der Waals surface area contributed by atoms with Gasteiger partial charge in [-0.1, -0.05) is 11.3 Å². The van der Waals surface area contributed by atoms with Gasteiger partial charge in [-0.25, -0.2) is 14.8 Å². The summed E-state index contributed by atoms with van der Waals surface area (Å²) in [5.41, 5.74) is 6.30. The second-order valence-corrected chi connectivity index (χ2v) is 7.51. The molecular formula is C15H18N6O4S2. The molecule has 3 heterocycles. The van der Waals surface area contributed by atoms with Crippen LogP contribution in [0.3, 0.4) is 0 Å². The Labute approximate surface area is 162 Å². The molecule has 1 aliphatic rings. The fourth-order valence-electron chi connectivity index (χ4n) is 2.37. The number of carbonyl (C=O) groups is 3. The molecule has 1 aliphatic heterocycles. The summed E-state index contributed by atoms with van der Waals surface area (Å²) in [5, 5.41) is 7.44. The van der Waals surface area contributed by atoms with E-state index in [9.17, 15) is 14.4 Å². The predicted octanol–water partition coefficient (Wildman–Crippen LogP) is 0.654. The highest BCUT2D eigenvalue weighted by molar-refractivity contribution is 7.19. The number of anilines is 1. The summed E-state index contributed by atoms with van der Waals surface area (Å²) >= 11 is 2.51. The van der Waals surface area contributed by atoms with Crippen LogP contribution in [0.4, 0.5) is 9.93 Å². The second-order valence-electron chi connectivity index (χ2n) is 5.65. The molecule has 0 bridgehead atoms. The van der Waals surface area contributed by atoms with E-state index in [1.54, 1.807) is 17.2 Å². The van der Waals surface area contributed by atoms with Crippen molar-refractivity contribution in [1.82, 2.24) is 20.2 Å². The van der Waals surface area contributed by atoms with E-state index in [0.29, 0.717) is 47.8 Å². The van der Waals surface area contributed by atoms with E-state index in [1.807, 2.05) is 0 Å². The van der Waals surface area contributed by atoms with Gasteiger partial charge in [-0.2, -0.15) is 0 Å². The highest BCUT2D eigenvalue weighted by Crippen LogP contribution is 2.33. The molecule has 1 fully saturated rings. The monoisotopic (exact) mass is 410 g/mol. The maximum absolute atomic E-state index is 12.5. The topological polar surface area (TPSA) is 140 Å². The lowest BCUT2D eigenvalue weighted by atomic mass is 10.3. The molecule has 4 amide bonds. The van der Waals surface area contributed by atoms with Crippen LogP contribution in [0.25, 0.3) is 10.6 Å². The molecule has 0 radical (unpaired) electrons. The summed E-state index contributed by atoms with van der Waals surface area (Å²) in [5.74, 6) is -0.748. The first-order valence-electron chi connectivity index (χ1n) is 8.07. The average Bonchev–Trinajstić information content (AvgIpc) is 3.26. The van der Waals surface area contributed by atoms with Crippen LogP contribution in [-0.4, -0.2) is 65.6 Å². The number of primary amides is 1. The van der Waals surface area contributed by atoms with Gasteiger partial charge in [0.1, 0.15) is 0 Å². The highest BCUT2D eigenvalue weighted by Gasteiger charge is 2.23. The van der Waals surface area contributed by atoms with E-state index in [2.05, 4.69) is 20.6 Å². The van der Waals surface area contributed by atoms with Gasteiger partial charge < -0.3 is 20.7 Å². The van der Waals surface area contributed by atoms with Gasteiger partial charge in [0.15, 0.2) is 10.1 Å². The van der Waals surface area contributed by atoms with Crippen LogP contribution in [0.15, 0.2) is 5.38 Å². The number of nitrogens with one attached hydrogen (secondary N) is 2. The van der Waals surface area contributed by atoms with Gasteiger partial charge in [-0.3, -0.25) is 14.9 Å². The van der Waals surface area contributed by atoms with Crippen molar-refractivity contribution < 1.29 is 19.1 Å². The van der Waals surface area contributed by atoms with Crippen molar-refractivity contribution in [3.63, 3.8) is 0 Å². The number of urea groups is 1. The normalized spacial score (nSPS) is 14.0. The third-order valence-electron chi connectivity index (χ3n) is 3.66. The number of nitrogens with two attached hydrogens (primary N) is 1. The zero-order valence-electron chi connectivity index (χ0n) is 14.5. The lowest BCUT2D eigenvalue weighted by molar-refractivity contribution is -0.117. The molecule has 0 unspecified atom stereocenters. The van der Waals surface area contributed by atoms with Crippen molar-refractivity contribution >= 4 is 45.7 Å². The van der Waals surface area contributed by atoms with Crippen LogP contribution in [0.2, 0.25) is 0 Å². The van der Waals surface area contributed by atoms with Gasteiger partial charge in [0.05, 0.1) is 36.0 Å². The molecule has 12 heteroatoms. The molecule has 0 aliphatic carbocycles. The number of rotatable bonds is 5. The number of hydrogen-bond acceptors (Lipinski definition) is 8. The number of amides is 4. The number of ether oxygens (including phenoxy) is 1. The molecule has 4 N–H and O–H groups in total. The standard InChI is InChI=1S/C15H18N6O4S2/c1-8-11(27-15(18-8)20-14(24)17-6-10(16)22)9-7-26-12(19-9)13(23)21-2-4-25-5-3-21/h7H,2-6H2,1H3,(H2,16,22)(H2,17,18,20,24). The van der Waals surface area contributed by atoms with E-state index in [0.717, 1.165) is 4.88 Å². The molecule has 0 spiro atoms. The van der Waals surface area contributed by atoms with E-state index in [4.69, 9.17) is 10.5 Å². The Hall–Kier alpha value is -2.57. The van der Waals surface area contributed by atoms with Crippen LogP contribution in [-0.2, 0) is 9.53 Å². The van der Waals surface area contributed by atoms with E-state index in [1.165, 1.54) is 22.7 Å². The first kappa shape index (κ1) is 19.2. The Morgan fingerprint density at radius 3 is 2.74 bits per heavy atom. The summed E-state index contributed by atoms with van der Waals surface area (Å²) in [7, 11) is 0. The quantitative estimate of drug-likeness (QED) is 0.661. The highest BCUT2D eigenvalue weighted by atomic mass is 32.1. The Balaban J connectivity index is 1.69. The third-order valence-corrected chi connectivity index (χ3v) is 5.58. The Morgan fingerprint density at radius 2 is 2.04 bits per heavy atom. The van der Waals surface area contributed by atoms with Gasteiger partial charge in [0.25, 0.3) is 5.91 Å². The summed E-state index contributed by atoms with van der Waals surface area (Å²) in [4.78, 5) is 46.1. The lowest BCUT2D eigenvalue weighted by Crippen LogP contribution is -2.40. The molecule has 0 atom stereocenters. The molecule has 144 valence electrons. The summed E-state index contributed by atoms with van der Waals surface area (Å²) in [6.07, 6.45) is 0. The van der Waals surface area contributed by atoms with E-state index in [-0.39, 0.29) is 12.5 Å². The van der Waals surface area contributed by atoms with Crippen molar-refractivity contribution in [3.8, 4) is 10.6 Å². The minimum atomic E-state index is -0.638. The molecular weight excluding hydrogens is 392 g/mol. The van der Waals surface area contributed by atoms with Crippen molar-refractivity contribution in [2.75, 3.05) is 38.2 Å². The van der Waals surface area contributed by atoms with E-state index >= 15 is 0 Å². The van der Waals surface area contributed by atoms with Gasteiger partial charge in [0.2, 0.25) is 5.91 Å². The minimum absolute atomic E-state index is 0.110. The van der Waals surface area contributed by atoms with Crippen molar-refractivity contribution in [2.24, 2.45) is 5.73 Å². The zero-order chi connectivity index (χ0) is 19.4. The maximum atomic E-state index is 12.5. The number of nitrogens with zero attached hydrogens (tertiary/aromatic N) is 3. The van der Waals surface area contributed by atoms with Crippen molar-refractivity contribution in [1.29, 1.82) is 0 Å². The van der Waals surface area contributed by atoms with Crippen LogP contribution in [0, 0.1) is 6.92 Å². The predicted molar refractivity (Wildman–Crippen MR) is 101 cm³/mol. The summed E-state index contributed by atoms with van der Waals surface area (Å²) in [6, 6.07) is -0.574. The van der Waals surface area contributed by atoms with Crippen LogP contribution >= 0.6 is 22.7 Å². The molecule has 1 saturated heterocycles. The van der Waals surface area contributed by atoms with Crippen LogP contribution in [0.5, 0.6) is 0 Å². The first-order valence-corrected chi connectivity index (χ1v) is 9.77. The minimum Gasteiger partial charge on any atom is -0.378 e. The van der Waals surface area contributed by atoms with Crippen LogP contribution in [0.1, 0.15) is 15.5 Å². The lowest BCUT2D eigenvalue weighted by Gasteiger charge is -2.25. The molecule has 10 nitrogen and oxygen atoms in total. The second kappa shape index (κ2) is 8.41. The number of thiazole rings is 2. The number of aryl methyl sites for hydroxylation is 1. The fourth-order valence-corrected chi connectivity index (χ4v) is 4.15. The van der Waals surface area contributed by atoms with Gasteiger partial charge >= 0.3 is 6.03 Å².